The van der Waals surface area contributed by atoms with Crippen LogP contribution in [0, 0.1) is 5.41 Å². The van der Waals surface area contributed by atoms with E-state index in [-0.39, 0.29) is 11.8 Å². The summed E-state index contributed by atoms with van der Waals surface area (Å²) < 4.78 is 16.4. The van der Waals surface area contributed by atoms with E-state index in [2.05, 4.69) is 15.9 Å². The van der Waals surface area contributed by atoms with Gasteiger partial charge in [-0.15, -0.1) is 0 Å². The van der Waals surface area contributed by atoms with Crippen LogP contribution in [0.15, 0.2) is 12.1 Å². The van der Waals surface area contributed by atoms with Crippen LogP contribution in [0.25, 0.3) is 0 Å². The lowest BCUT2D eigenvalue weighted by Gasteiger charge is -2.31. The summed E-state index contributed by atoms with van der Waals surface area (Å²) in [6.07, 6.45) is -0.208. The SMILES string of the molecule is COc1ccc(OC)c2c1C(=O)C(Br)CC2OC(=O)C(C)(C)C. The van der Waals surface area contributed by atoms with Gasteiger partial charge in [0.05, 0.1) is 30.0 Å². The fourth-order valence-electron chi connectivity index (χ4n) is 2.48. The zero-order valence-electron chi connectivity index (χ0n) is 13.9. The van der Waals surface area contributed by atoms with Gasteiger partial charge in [0, 0.05) is 12.0 Å². The monoisotopic (exact) mass is 384 g/mol. The van der Waals surface area contributed by atoms with Gasteiger partial charge in [-0.05, 0) is 32.9 Å². The van der Waals surface area contributed by atoms with Crippen molar-refractivity contribution in [2.75, 3.05) is 14.2 Å². The molecule has 1 aliphatic carbocycles. The Morgan fingerprint density at radius 1 is 1.17 bits per heavy atom. The molecule has 126 valence electrons. The Morgan fingerprint density at radius 2 is 1.74 bits per heavy atom. The fourth-order valence-corrected chi connectivity index (χ4v) is 3.05. The quantitative estimate of drug-likeness (QED) is 0.587. The van der Waals surface area contributed by atoms with Crippen molar-refractivity contribution in [3.8, 4) is 11.5 Å². The third-order valence-corrected chi connectivity index (χ3v) is 4.53. The lowest BCUT2D eigenvalue weighted by Crippen LogP contribution is -2.32. The third kappa shape index (κ3) is 3.37. The first-order valence-electron chi connectivity index (χ1n) is 7.35. The van der Waals surface area contributed by atoms with Crippen LogP contribution in [-0.4, -0.2) is 30.8 Å². The Labute approximate surface area is 144 Å². The summed E-state index contributed by atoms with van der Waals surface area (Å²) in [6.45, 7) is 5.37. The lowest BCUT2D eigenvalue weighted by atomic mass is 9.86. The maximum atomic E-state index is 12.6. The number of ether oxygens (including phenoxy) is 3. The number of esters is 1. The van der Waals surface area contributed by atoms with Gasteiger partial charge in [0.1, 0.15) is 17.6 Å². The minimum Gasteiger partial charge on any atom is -0.496 e. The number of halogens is 1. The van der Waals surface area contributed by atoms with E-state index < -0.39 is 16.3 Å². The minimum atomic E-state index is -0.629. The summed E-state index contributed by atoms with van der Waals surface area (Å²) in [5.41, 5.74) is 0.354. The molecule has 0 fully saturated rings. The molecule has 0 saturated heterocycles. The molecule has 0 amide bonds. The fraction of sp³-hybridized carbons (Fsp3) is 0.529. The van der Waals surface area contributed by atoms with Gasteiger partial charge >= 0.3 is 5.97 Å². The molecule has 1 aliphatic rings. The topological polar surface area (TPSA) is 61.8 Å². The van der Waals surface area contributed by atoms with E-state index >= 15 is 0 Å². The van der Waals surface area contributed by atoms with E-state index in [1.54, 1.807) is 32.9 Å². The highest BCUT2D eigenvalue weighted by Gasteiger charge is 2.40. The second-order valence-electron chi connectivity index (χ2n) is 6.47. The largest absolute Gasteiger partial charge is 0.496 e. The van der Waals surface area contributed by atoms with Gasteiger partial charge in [0.25, 0.3) is 0 Å². The molecule has 23 heavy (non-hydrogen) atoms. The Bertz CT molecular complexity index is 633. The highest BCUT2D eigenvalue weighted by atomic mass is 79.9. The molecule has 0 aliphatic heterocycles. The molecular formula is C17H21BrO5. The van der Waals surface area contributed by atoms with Gasteiger partial charge in [0.2, 0.25) is 0 Å². The number of carbonyl (C=O) groups is 2. The zero-order valence-corrected chi connectivity index (χ0v) is 15.5. The Kier molecular flexibility index (Phi) is 5.04. The van der Waals surface area contributed by atoms with Gasteiger partial charge in [0.15, 0.2) is 5.78 Å². The number of hydrogen-bond acceptors (Lipinski definition) is 5. The molecule has 0 radical (unpaired) electrons. The minimum absolute atomic E-state index is 0.0983. The number of carbonyl (C=O) groups excluding carboxylic acids is 2. The normalized spacial score (nSPS) is 20.7. The number of hydrogen-bond donors (Lipinski definition) is 0. The first kappa shape index (κ1) is 17.8. The van der Waals surface area contributed by atoms with Gasteiger partial charge < -0.3 is 14.2 Å². The van der Waals surface area contributed by atoms with Crippen LogP contribution in [0.4, 0.5) is 0 Å². The van der Waals surface area contributed by atoms with Crippen LogP contribution in [0.3, 0.4) is 0 Å². The smallest absolute Gasteiger partial charge is 0.311 e. The maximum absolute atomic E-state index is 12.6. The van der Waals surface area contributed by atoms with Crippen molar-refractivity contribution in [2.24, 2.45) is 5.41 Å². The molecule has 1 aromatic rings. The van der Waals surface area contributed by atoms with Crippen LogP contribution in [0.2, 0.25) is 0 Å². The van der Waals surface area contributed by atoms with Crippen LogP contribution < -0.4 is 9.47 Å². The number of ketones is 1. The van der Waals surface area contributed by atoms with E-state index in [4.69, 9.17) is 14.2 Å². The number of fused-ring (bicyclic) bond motifs is 1. The van der Waals surface area contributed by atoms with Crippen LogP contribution in [0.5, 0.6) is 11.5 Å². The summed E-state index contributed by atoms with van der Waals surface area (Å²) >= 11 is 3.38. The van der Waals surface area contributed by atoms with Crippen LogP contribution in [0.1, 0.15) is 49.2 Å². The number of benzene rings is 1. The molecule has 5 nitrogen and oxygen atoms in total. The Morgan fingerprint density at radius 3 is 2.26 bits per heavy atom. The number of rotatable bonds is 3. The molecule has 0 N–H and O–H groups in total. The molecule has 2 atom stereocenters. The van der Waals surface area contributed by atoms with Crippen molar-refractivity contribution in [1.29, 1.82) is 0 Å². The molecule has 0 bridgehead atoms. The predicted molar refractivity (Wildman–Crippen MR) is 89.5 cm³/mol. The Balaban J connectivity index is 2.55. The average Bonchev–Trinajstić information content (AvgIpc) is 2.49. The second kappa shape index (κ2) is 6.51. The summed E-state index contributed by atoms with van der Waals surface area (Å²) in [5.74, 6) is 0.540. The van der Waals surface area contributed by atoms with E-state index in [0.717, 1.165) is 0 Å². The summed E-state index contributed by atoms with van der Waals surface area (Å²) in [4.78, 5) is 24.4. The van der Waals surface area contributed by atoms with Gasteiger partial charge in [-0.3, -0.25) is 9.59 Å². The molecule has 1 aromatic carbocycles. The number of Topliss-reactive ketones (excluding diaryl/α,β-unsaturated/α-hetero) is 1. The summed E-state index contributed by atoms with van der Waals surface area (Å²) in [6, 6.07) is 3.40. The summed E-state index contributed by atoms with van der Waals surface area (Å²) in [5, 5.41) is 0. The molecule has 2 rings (SSSR count). The Hall–Kier alpha value is -1.56. The van der Waals surface area contributed by atoms with Crippen molar-refractivity contribution >= 4 is 27.7 Å². The average molecular weight is 385 g/mol. The van der Waals surface area contributed by atoms with Crippen LogP contribution in [-0.2, 0) is 9.53 Å². The van der Waals surface area contributed by atoms with Crippen molar-refractivity contribution in [1.82, 2.24) is 0 Å². The van der Waals surface area contributed by atoms with Gasteiger partial charge in [-0.2, -0.15) is 0 Å². The predicted octanol–water partition coefficient (Wildman–Crippen LogP) is 3.68. The summed E-state index contributed by atoms with van der Waals surface area (Å²) in [7, 11) is 3.03. The van der Waals surface area contributed by atoms with Crippen molar-refractivity contribution < 1.29 is 23.8 Å². The molecular weight excluding hydrogens is 364 g/mol. The van der Waals surface area contributed by atoms with Crippen molar-refractivity contribution in [3.63, 3.8) is 0 Å². The molecule has 0 heterocycles. The molecule has 0 saturated carbocycles. The van der Waals surface area contributed by atoms with E-state index in [9.17, 15) is 9.59 Å². The highest BCUT2D eigenvalue weighted by molar-refractivity contribution is 9.10. The molecule has 0 aromatic heterocycles. The maximum Gasteiger partial charge on any atom is 0.311 e. The van der Waals surface area contributed by atoms with Gasteiger partial charge in [-0.25, -0.2) is 0 Å². The number of methoxy groups -OCH3 is 2. The lowest BCUT2D eigenvalue weighted by molar-refractivity contribution is -0.159. The van der Waals surface area contributed by atoms with E-state index in [0.29, 0.717) is 29.0 Å². The second-order valence-corrected chi connectivity index (χ2v) is 7.58. The zero-order chi connectivity index (χ0) is 17.4. The first-order valence-corrected chi connectivity index (χ1v) is 8.26. The number of alkyl halides is 1. The first-order chi connectivity index (χ1) is 10.7. The van der Waals surface area contributed by atoms with E-state index in [1.807, 2.05) is 0 Å². The highest BCUT2D eigenvalue weighted by Crippen LogP contribution is 2.45. The van der Waals surface area contributed by atoms with Crippen molar-refractivity contribution in [3.05, 3.63) is 23.3 Å². The molecule has 0 spiro atoms. The van der Waals surface area contributed by atoms with Crippen molar-refractivity contribution in [2.45, 2.75) is 38.1 Å². The molecule has 6 heteroatoms. The standard InChI is InChI=1S/C17H21BrO5/c1-17(2,3)16(20)23-12-8-9(18)15(19)14-11(22-5)7-6-10(21-4)13(12)14/h6-7,9,12H,8H2,1-5H3. The van der Waals surface area contributed by atoms with E-state index in [1.165, 1.54) is 14.2 Å². The third-order valence-electron chi connectivity index (χ3n) is 3.74. The van der Waals surface area contributed by atoms with Gasteiger partial charge in [-0.1, -0.05) is 15.9 Å². The van der Waals surface area contributed by atoms with Crippen LogP contribution >= 0.6 is 15.9 Å². The molecule has 2 unspecified atom stereocenters.